The van der Waals surface area contributed by atoms with Gasteiger partial charge in [-0.1, -0.05) is 20.8 Å². The largest absolute Gasteiger partial charge is 0.460 e. The fourth-order valence-electron chi connectivity index (χ4n) is 1.89. The van der Waals surface area contributed by atoms with E-state index in [1.807, 2.05) is 6.92 Å². The van der Waals surface area contributed by atoms with Crippen LogP contribution in [0.2, 0.25) is 18.1 Å². The van der Waals surface area contributed by atoms with E-state index in [1.165, 1.54) is 6.92 Å². The van der Waals surface area contributed by atoms with Crippen molar-refractivity contribution in [3.05, 3.63) is 0 Å². The fourth-order valence-corrected chi connectivity index (χ4v) is 3.07. The van der Waals surface area contributed by atoms with E-state index in [-0.39, 0.29) is 29.5 Å². The first-order chi connectivity index (χ1) is 8.53. The van der Waals surface area contributed by atoms with Gasteiger partial charge in [-0.25, -0.2) is 0 Å². The quantitative estimate of drug-likeness (QED) is 0.589. The van der Waals surface area contributed by atoms with Crippen molar-refractivity contribution >= 4 is 14.3 Å². The molecule has 1 fully saturated rings. The molecule has 3 atom stereocenters. The summed E-state index contributed by atoms with van der Waals surface area (Å²) in [7, 11) is -1.81. The summed E-state index contributed by atoms with van der Waals surface area (Å²) in [6.45, 7) is 14.5. The summed E-state index contributed by atoms with van der Waals surface area (Å²) in [6, 6.07) is 0. The Morgan fingerprint density at radius 3 is 2.26 bits per heavy atom. The molecule has 1 rings (SSSR count). The molecule has 0 aromatic heterocycles. The summed E-state index contributed by atoms with van der Waals surface area (Å²) in [5.74, 6) is -0.246. The van der Waals surface area contributed by atoms with Gasteiger partial charge in [0.25, 0.3) is 0 Å². The average Bonchev–Trinajstić information content (AvgIpc) is 2.19. The first-order valence-corrected chi connectivity index (χ1v) is 9.94. The van der Waals surface area contributed by atoms with E-state index in [2.05, 4.69) is 33.9 Å². The molecule has 112 valence electrons. The van der Waals surface area contributed by atoms with E-state index in [1.54, 1.807) is 0 Å². The number of rotatable bonds is 3. The van der Waals surface area contributed by atoms with Gasteiger partial charge < -0.3 is 13.9 Å². The van der Waals surface area contributed by atoms with Crippen LogP contribution < -0.4 is 0 Å². The highest BCUT2D eigenvalue weighted by Crippen LogP contribution is 2.38. The minimum atomic E-state index is -1.81. The summed E-state index contributed by atoms with van der Waals surface area (Å²) >= 11 is 0. The molecule has 4 nitrogen and oxygen atoms in total. The standard InChI is InChI=1S/C14H28O4Si/c1-10-12(17-11(2)15)8-9-13(16-10)18-19(6,7)14(3,4)5/h10,12-13H,8-9H2,1-7H3/t10-,12+,13+/m0/s1. The third-order valence-electron chi connectivity index (χ3n) is 4.13. The smallest absolute Gasteiger partial charge is 0.302 e. The lowest BCUT2D eigenvalue weighted by Gasteiger charge is -2.42. The third kappa shape index (κ3) is 4.58. The van der Waals surface area contributed by atoms with Crippen LogP contribution in [0.15, 0.2) is 0 Å². The zero-order valence-corrected chi connectivity index (χ0v) is 14.3. The molecular formula is C14H28O4Si. The summed E-state index contributed by atoms with van der Waals surface area (Å²) in [5, 5.41) is 0.173. The Hall–Kier alpha value is -0.393. The van der Waals surface area contributed by atoms with Gasteiger partial charge in [0.05, 0.1) is 6.10 Å². The molecule has 1 saturated heterocycles. The zero-order chi connectivity index (χ0) is 14.8. The molecule has 1 aliphatic rings. The van der Waals surface area contributed by atoms with Crippen molar-refractivity contribution in [2.24, 2.45) is 0 Å². The zero-order valence-electron chi connectivity index (χ0n) is 13.3. The van der Waals surface area contributed by atoms with E-state index >= 15 is 0 Å². The molecule has 0 aromatic carbocycles. The Labute approximate surface area is 117 Å². The maximum atomic E-state index is 11.0. The van der Waals surface area contributed by atoms with Crippen LogP contribution in [-0.2, 0) is 18.7 Å². The first-order valence-electron chi connectivity index (χ1n) is 7.03. The lowest BCUT2D eigenvalue weighted by molar-refractivity contribution is -0.200. The average molecular weight is 288 g/mol. The highest BCUT2D eigenvalue weighted by molar-refractivity contribution is 6.74. The van der Waals surface area contributed by atoms with Crippen LogP contribution in [0.3, 0.4) is 0 Å². The second-order valence-electron chi connectivity index (χ2n) is 6.87. The third-order valence-corrected chi connectivity index (χ3v) is 8.59. The van der Waals surface area contributed by atoms with E-state index in [9.17, 15) is 4.79 Å². The SMILES string of the molecule is CC(=O)O[C@@H]1CC[C@@H](O[Si](C)(C)C(C)(C)C)O[C@H]1C. The molecule has 1 aliphatic heterocycles. The first kappa shape index (κ1) is 16.7. The van der Waals surface area contributed by atoms with E-state index in [0.29, 0.717) is 0 Å². The van der Waals surface area contributed by atoms with Gasteiger partial charge in [-0.2, -0.15) is 0 Å². The van der Waals surface area contributed by atoms with Crippen molar-refractivity contribution in [1.82, 2.24) is 0 Å². The van der Waals surface area contributed by atoms with Crippen LogP contribution in [0, 0.1) is 0 Å². The van der Waals surface area contributed by atoms with E-state index in [0.717, 1.165) is 12.8 Å². The topological polar surface area (TPSA) is 44.8 Å². The molecule has 0 bridgehead atoms. The van der Waals surface area contributed by atoms with E-state index < -0.39 is 8.32 Å². The van der Waals surface area contributed by atoms with Gasteiger partial charge in [0, 0.05) is 13.3 Å². The molecule has 0 spiro atoms. The van der Waals surface area contributed by atoms with Crippen LogP contribution in [0.1, 0.15) is 47.5 Å². The Balaban J connectivity index is 2.55. The second kappa shape index (κ2) is 5.93. The number of carbonyl (C=O) groups excluding carboxylic acids is 1. The fraction of sp³-hybridized carbons (Fsp3) is 0.929. The number of hydrogen-bond acceptors (Lipinski definition) is 4. The number of esters is 1. The maximum Gasteiger partial charge on any atom is 0.302 e. The molecule has 0 radical (unpaired) electrons. The molecule has 5 heteroatoms. The Bertz CT molecular complexity index is 322. The molecule has 0 saturated carbocycles. The minimum Gasteiger partial charge on any atom is -0.460 e. The molecule has 0 unspecified atom stereocenters. The summed E-state index contributed by atoms with van der Waals surface area (Å²) in [6.07, 6.45) is 1.18. The minimum absolute atomic E-state index is 0.104. The Morgan fingerprint density at radius 1 is 1.26 bits per heavy atom. The van der Waals surface area contributed by atoms with Gasteiger partial charge in [-0.15, -0.1) is 0 Å². The highest BCUT2D eigenvalue weighted by Gasteiger charge is 2.41. The molecular weight excluding hydrogens is 260 g/mol. The predicted molar refractivity (Wildman–Crippen MR) is 77.4 cm³/mol. The normalized spacial score (nSPS) is 29.1. The van der Waals surface area contributed by atoms with Crippen LogP contribution in [0.4, 0.5) is 0 Å². The summed E-state index contributed by atoms with van der Waals surface area (Å²) < 4.78 is 17.4. The van der Waals surface area contributed by atoms with Crippen molar-refractivity contribution in [2.45, 2.75) is 84.1 Å². The molecule has 0 aliphatic carbocycles. The van der Waals surface area contributed by atoms with Gasteiger partial charge in [-0.05, 0) is 31.5 Å². The van der Waals surface area contributed by atoms with Crippen LogP contribution in [0.25, 0.3) is 0 Å². The number of hydrogen-bond donors (Lipinski definition) is 0. The number of carbonyl (C=O) groups is 1. The maximum absolute atomic E-state index is 11.0. The van der Waals surface area contributed by atoms with Crippen molar-refractivity contribution < 1.29 is 18.7 Å². The second-order valence-corrected chi connectivity index (χ2v) is 11.6. The van der Waals surface area contributed by atoms with Crippen molar-refractivity contribution in [1.29, 1.82) is 0 Å². The van der Waals surface area contributed by atoms with Crippen LogP contribution in [-0.4, -0.2) is 32.8 Å². The number of ether oxygens (including phenoxy) is 2. The molecule has 1 heterocycles. The summed E-state index contributed by atoms with van der Waals surface area (Å²) in [4.78, 5) is 11.0. The van der Waals surface area contributed by atoms with Crippen LogP contribution >= 0.6 is 0 Å². The van der Waals surface area contributed by atoms with Gasteiger partial charge in [0.1, 0.15) is 12.4 Å². The molecule has 0 amide bonds. The molecule has 19 heavy (non-hydrogen) atoms. The monoisotopic (exact) mass is 288 g/mol. The van der Waals surface area contributed by atoms with Crippen molar-refractivity contribution in [2.75, 3.05) is 0 Å². The van der Waals surface area contributed by atoms with Gasteiger partial charge >= 0.3 is 5.97 Å². The van der Waals surface area contributed by atoms with Gasteiger partial charge in [-0.3, -0.25) is 4.79 Å². The van der Waals surface area contributed by atoms with Crippen molar-refractivity contribution in [3.8, 4) is 0 Å². The van der Waals surface area contributed by atoms with Crippen LogP contribution in [0.5, 0.6) is 0 Å². The van der Waals surface area contributed by atoms with Crippen molar-refractivity contribution in [3.63, 3.8) is 0 Å². The van der Waals surface area contributed by atoms with E-state index in [4.69, 9.17) is 13.9 Å². The lowest BCUT2D eigenvalue weighted by Crippen LogP contribution is -2.48. The summed E-state index contributed by atoms with van der Waals surface area (Å²) in [5.41, 5.74) is 0. The van der Waals surface area contributed by atoms with Gasteiger partial charge in [0.2, 0.25) is 0 Å². The Morgan fingerprint density at radius 2 is 1.84 bits per heavy atom. The molecule has 0 N–H and O–H groups in total. The highest BCUT2D eigenvalue weighted by atomic mass is 28.4. The van der Waals surface area contributed by atoms with Gasteiger partial charge in [0.15, 0.2) is 8.32 Å². The lowest BCUT2D eigenvalue weighted by atomic mass is 10.1. The predicted octanol–water partition coefficient (Wildman–Crippen LogP) is 3.46. The Kier molecular flexibility index (Phi) is 5.20. The molecule has 0 aromatic rings.